The Balaban J connectivity index is 1.35. The number of nitrogens with zero attached hydrogens (tertiary/aromatic N) is 1. The molecule has 4 aromatic carbocycles. The Bertz CT molecular complexity index is 1930. The van der Waals surface area contributed by atoms with E-state index in [1.165, 1.54) is 12.5 Å². The van der Waals surface area contributed by atoms with Gasteiger partial charge in [0.05, 0.1) is 12.4 Å². The number of carbonyl (C=O) groups is 4. The lowest BCUT2D eigenvalue weighted by Gasteiger charge is -2.28. The molecule has 0 bridgehead atoms. The fourth-order valence-electron chi connectivity index (χ4n) is 6.03. The van der Waals surface area contributed by atoms with E-state index in [0.717, 1.165) is 27.5 Å². The van der Waals surface area contributed by atoms with Crippen LogP contribution in [0.5, 0.6) is 0 Å². The maximum absolute atomic E-state index is 14.2. The molecule has 276 valence electrons. The molecule has 53 heavy (non-hydrogen) atoms. The molecule has 0 aliphatic rings. The number of aliphatic hydroxyl groups is 1. The zero-order valence-corrected chi connectivity index (χ0v) is 29.8. The van der Waals surface area contributed by atoms with Crippen molar-refractivity contribution in [2.24, 2.45) is 5.92 Å². The number of amides is 4. The number of fused-ring (bicyclic) bond motifs is 1. The summed E-state index contributed by atoms with van der Waals surface area (Å²) >= 11 is 0. The van der Waals surface area contributed by atoms with Crippen LogP contribution in [0.25, 0.3) is 10.8 Å². The molecule has 6 N–H and O–H groups in total. The second-order valence-corrected chi connectivity index (χ2v) is 13.3. The Morgan fingerprint density at radius 1 is 0.736 bits per heavy atom. The van der Waals surface area contributed by atoms with Crippen LogP contribution in [0.1, 0.15) is 42.7 Å². The van der Waals surface area contributed by atoms with Gasteiger partial charge in [0.25, 0.3) is 5.91 Å². The van der Waals surface area contributed by atoms with Gasteiger partial charge in [0.2, 0.25) is 11.8 Å². The van der Waals surface area contributed by atoms with Crippen LogP contribution in [0.3, 0.4) is 0 Å². The van der Waals surface area contributed by atoms with Gasteiger partial charge in [-0.15, -0.1) is 0 Å². The van der Waals surface area contributed by atoms with Crippen molar-refractivity contribution in [3.8, 4) is 0 Å². The van der Waals surface area contributed by atoms with Gasteiger partial charge >= 0.3 is 6.09 Å². The molecular weight excluding hydrogens is 672 g/mol. The van der Waals surface area contributed by atoms with Crippen LogP contribution in [-0.2, 0) is 45.1 Å². The zero-order chi connectivity index (χ0) is 37.6. The highest BCUT2D eigenvalue weighted by atomic mass is 16.5. The van der Waals surface area contributed by atoms with Crippen LogP contribution in [0.2, 0.25) is 0 Å². The van der Waals surface area contributed by atoms with E-state index in [9.17, 15) is 24.3 Å². The molecule has 0 saturated carbocycles. The standard InChI is InChI=1S/C41H46N6O6/c1-27(2)20-34(37(48)40(51)43-23-28-12-5-3-6-13-28)45-39(50)36(22-32-24-42-26-44-32)46-38(49)35(47-41(52)53-25-29-14-7-4-8-15-29)21-31-18-11-17-30-16-9-10-19-33(30)31/h3-19,24,26-27,34-37,48H,20-23,25H2,1-2H3,(H,42,44)(H,43,51)(H,45,50)(H,46,49)(H,47,52)/t34-,35-,36?,37-/m0/s1. The lowest BCUT2D eigenvalue weighted by Crippen LogP contribution is -2.58. The lowest BCUT2D eigenvalue weighted by atomic mass is 9.97. The van der Waals surface area contributed by atoms with Crippen LogP contribution in [0.15, 0.2) is 116 Å². The van der Waals surface area contributed by atoms with Crippen molar-refractivity contribution in [3.05, 3.63) is 138 Å². The molecule has 0 aliphatic carbocycles. The molecule has 0 spiro atoms. The minimum Gasteiger partial charge on any atom is -0.445 e. The van der Waals surface area contributed by atoms with Crippen molar-refractivity contribution in [1.82, 2.24) is 31.2 Å². The molecule has 1 unspecified atom stereocenters. The summed E-state index contributed by atoms with van der Waals surface area (Å²) in [5.41, 5.74) is 3.01. The van der Waals surface area contributed by atoms with Gasteiger partial charge in [-0.25, -0.2) is 9.78 Å². The Labute approximate surface area is 308 Å². The van der Waals surface area contributed by atoms with Crippen molar-refractivity contribution in [2.45, 2.75) is 70.5 Å². The Kier molecular flexibility index (Phi) is 13.7. The molecule has 0 radical (unpaired) electrons. The Hall–Kier alpha value is -6.01. The first-order valence-corrected chi connectivity index (χ1v) is 17.7. The zero-order valence-electron chi connectivity index (χ0n) is 29.8. The molecule has 12 nitrogen and oxygen atoms in total. The number of benzene rings is 4. The van der Waals surface area contributed by atoms with E-state index in [2.05, 4.69) is 31.2 Å². The molecule has 12 heteroatoms. The molecule has 0 aliphatic heterocycles. The van der Waals surface area contributed by atoms with Crippen molar-refractivity contribution < 1.29 is 29.0 Å². The average Bonchev–Trinajstić information content (AvgIpc) is 3.69. The molecule has 5 aromatic rings. The number of rotatable bonds is 17. The molecular formula is C41H46N6O6. The Morgan fingerprint density at radius 3 is 2.08 bits per heavy atom. The minimum atomic E-state index is -1.56. The largest absolute Gasteiger partial charge is 0.445 e. The van der Waals surface area contributed by atoms with Crippen molar-refractivity contribution in [1.29, 1.82) is 0 Å². The summed E-state index contributed by atoms with van der Waals surface area (Å²) in [5, 5.41) is 24.1. The summed E-state index contributed by atoms with van der Waals surface area (Å²) in [6.07, 6.45) is 1.04. The normalized spacial score (nSPS) is 13.4. The van der Waals surface area contributed by atoms with Gasteiger partial charge in [-0.05, 0) is 39.8 Å². The summed E-state index contributed by atoms with van der Waals surface area (Å²) in [5.74, 6) is -1.88. The third-order valence-corrected chi connectivity index (χ3v) is 8.75. The predicted octanol–water partition coefficient (Wildman–Crippen LogP) is 4.34. The lowest BCUT2D eigenvalue weighted by molar-refractivity contribution is -0.134. The molecule has 0 saturated heterocycles. The van der Waals surface area contributed by atoms with Crippen LogP contribution < -0.4 is 21.3 Å². The van der Waals surface area contributed by atoms with Gasteiger partial charge in [0, 0.05) is 31.3 Å². The fraction of sp³-hybridized carbons (Fsp3) is 0.293. The summed E-state index contributed by atoms with van der Waals surface area (Å²) in [6.45, 7) is 4.03. The van der Waals surface area contributed by atoms with Crippen molar-refractivity contribution in [3.63, 3.8) is 0 Å². The van der Waals surface area contributed by atoms with E-state index < -0.39 is 48.0 Å². The maximum Gasteiger partial charge on any atom is 0.408 e. The summed E-state index contributed by atoms with van der Waals surface area (Å²) < 4.78 is 5.47. The van der Waals surface area contributed by atoms with Crippen molar-refractivity contribution in [2.75, 3.05) is 0 Å². The topological polar surface area (TPSA) is 175 Å². The number of nitrogens with one attached hydrogen (secondary N) is 5. The number of hydrogen-bond acceptors (Lipinski definition) is 7. The SMILES string of the molecule is CC(C)C[C@H](NC(=O)C(Cc1cnc[nH]1)NC(=O)[C@H](Cc1cccc2ccccc12)NC(=O)OCc1ccccc1)[C@H](O)C(=O)NCc1ccccc1. The molecule has 5 rings (SSSR count). The smallest absolute Gasteiger partial charge is 0.408 e. The highest BCUT2D eigenvalue weighted by Crippen LogP contribution is 2.20. The minimum absolute atomic E-state index is 0.00136. The third kappa shape index (κ3) is 11.5. The maximum atomic E-state index is 14.2. The number of ether oxygens (including phenoxy) is 1. The molecule has 0 fully saturated rings. The number of aromatic amines is 1. The number of carbonyl (C=O) groups excluding carboxylic acids is 4. The van der Waals surface area contributed by atoms with Crippen LogP contribution in [0.4, 0.5) is 4.79 Å². The van der Waals surface area contributed by atoms with E-state index in [4.69, 9.17) is 4.74 Å². The summed E-state index contributed by atoms with van der Waals surface area (Å²) in [4.78, 5) is 61.4. The van der Waals surface area contributed by atoms with Gasteiger partial charge < -0.3 is 36.1 Å². The molecule has 4 amide bonds. The number of imidazole rings is 1. The van der Waals surface area contributed by atoms with E-state index in [1.54, 1.807) is 0 Å². The van der Waals surface area contributed by atoms with Gasteiger partial charge in [-0.1, -0.05) is 117 Å². The van der Waals surface area contributed by atoms with Gasteiger partial charge in [-0.3, -0.25) is 14.4 Å². The third-order valence-electron chi connectivity index (χ3n) is 8.75. The average molecular weight is 719 g/mol. The van der Waals surface area contributed by atoms with Crippen LogP contribution in [-0.4, -0.2) is 63.1 Å². The molecule has 4 atom stereocenters. The monoisotopic (exact) mass is 718 g/mol. The number of H-pyrrole nitrogens is 1. The highest BCUT2D eigenvalue weighted by molar-refractivity contribution is 5.93. The van der Waals surface area contributed by atoms with Gasteiger partial charge in [0.15, 0.2) is 6.10 Å². The number of hydrogen-bond donors (Lipinski definition) is 6. The second-order valence-electron chi connectivity index (χ2n) is 13.3. The molecule has 1 heterocycles. The first-order valence-electron chi connectivity index (χ1n) is 17.7. The van der Waals surface area contributed by atoms with Gasteiger partial charge in [0.1, 0.15) is 18.7 Å². The number of aromatic nitrogens is 2. The first-order chi connectivity index (χ1) is 25.7. The predicted molar refractivity (Wildman–Crippen MR) is 201 cm³/mol. The van der Waals surface area contributed by atoms with E-state index in [0.29, 0.717) is 5.69 Å². The fourth-order valence-corrected chi connectivity index (χ4v) is 6.03. The van der Waals surface area contributed by atoms with Crippen LogP contribution in [0, 0.1) is 5.92 Å². The van der Waals surface area contributed by atoms with E-state index in [-0.39, 0.29) is 38.3 Å². The highest BCUT2D eigenvalue weighted by Gasteiger charge is 2.33. The molecule has 1 aromatic heterocycles. The Morgan fingerprint density at radius 2 is 1.38 bits per heavy atom. The van der Waals surface area contributed by atoms with E-state index >= 15 is 0 Å². The number of alkyl carbamates (subject to hydrolysis) is 1. The van der Waals surface area contributed by atoms with Crippen LogP contribution >= 0.6 is 0 Å². The summed E-state index contributed by atoms with van der Waals surface area (Å²) in [6, 6.07) is 28.6. The number of aliphatic hydroxyl groups excluding tert-OH is 1. The van der Waals surface area contributed by atoms with Gasteiger partial charge in [-0.2, -0.15) is 0 Å². The van der Waals surface area contributed by atoms with E-state index in [1.807, 2.05) is 117 Å². The summed E-state index contributed by atoms with van der Waals surface area (Å²) in [7, 11) is 0. The second kappa shape index (κ2) is 19.0. The quantitative estimate of drug-likeness (QED) is 0.0830. The first kappa shape index (κ1) is 38.2. The van der Waals surface area contributed by atoms with Crippen molar-refractivity contribution >= 4 is 34.6 Å².